The second-order valence-electron chi connectivity index (χ2n) is 5.72. The molecule has 1 aliphatic rings. The number of benzene rings is 2. The third-order valence-electron chi connectivity index (χ3n) is 4.13. The summed E-state index contributed by atoms with van der Waals surface area (Å²) in [6.07, 6.45) is 2.00. The Morgan fingerprint density at radius 2 is 1.65 bits per heavy atom. The number of alkyl halides is 1. The molecule has 0 aromatic heterocycles. The van der Waals surface area contributed by atoms with E-state index in [9.17, 15) is 9.18 Å². The first-order valence-corrected chi connectivity index (χ1v) is 8.37. The number of ether oxygens (including phenoxy) is 2. The Balaban J connectivity index is 0.00000117. The van der Waals surface area contributed by atoms with E-state index < -0.39 is 12.3 Å². The number of fused-ring (bicyclic) bond motifs is 3. The van der Waals surface area contributed by atoms with Gasteiger partial charge in [0.15, 0.2) is 0 Å². The topological polar surface area (TPSA) is 55.8 Å². The van der Waals surface area contributed by atoms with Crippen molar-refractivity contribution in [3.05, 3.63) is 71.8 Å². The molecule has 3 rings (SSSR count). The lowest BCUT2D eigenvalue weighted by Crippen LogP contribution is -2.17. The largest absolute Gasteiger partial charge is 0.508 e. The average Bonchev–Trinajstić information content (AvgIpc) is 3.00. The van der Waals surface area contributed by atoms with Crippen molar-refractivity contribution in [3.63, 3.8) is 0 Å². The lowest BCUT2D eigenvalue weighted by atomic mass is 9.98. The molecule has 0 saturated carbocycles. The first kappa shape index (κ1) is 19.7. The van der Waals surface area contributed by atoms with Crippen LogP contribution in [0.2, 0.25) is 0 Å². The predicted octanol–water partition coefficient (Wildman–Crippen LogP) is 4.47. The summed E-state index contributed by atoms with van der Waals surface area (Å²) in [4.78, 5) is 11.9. The number of carbonyl (C=O) groups excluding carboxylic acids is 1. The number of aliphatic hydroxyl groups is 1. The first-order valence-electron chi connectivity index (χ1n) is 8.37. The van der Waals surface area contributed by atoms with Gasteiger partial charge in [0.05, 0.1) is 13.8 Å². The fourth-order valence-electron chi connectivity index (χ4n) is 3.07. The molecule has 0 heterocycles. The van der Waals surface area contributed by atoms with Crippen LogP contribution < -0.4 is 0 Å². The Kier molecular flexibility index (Phi) is 7.36. The van der Waals surface area contributed by atoms with Crippen LogP contribution in [0.3, 0.4) is 0 Å². The summed E-state index contributed by atoms with van der Waals surface area (Å²) in [5.41, 5.74) is 4.71. The van der Waals surface area contributed by atoms with E-state index in [4.69, 9.17) is 14.6 Å². The summed E-state index contributed by atoms with van der Waals surface area (Å²) in [7, 11) is 0.500. The minimum atomic E-state index is -0.702. The van der Waals surface area contributed by atoms with Crippen molar-refractivity contribution >= 4 is 6.16 Å². The van der Waals surface area contributed by atoms with Gasteiger partial charge in [-0.3, -0.25) is 4.39 Å². The molecule has 4 nitrogen and oxygen atoms in total. The maximum absolute atomic E-state index is 11.9. The van der Waals surface area contributed by atoms with Crippen molar-refractivity contribution in [1.82, 2.24) is 0 Å². The molecule has 26 heavy (non-hydrogen) atoms. The second-order valence-corrected chi connectivity index (χ2v) is 5.72. The van der Waals surface area contributed by atoms with E-state index in [-0.39, 0.29) is 19.1 Å². The average molecular weight is 358 g/mol. The number of hydrogen-bond donors (Lipinski definition) is 1. The highest BCUT2D eigenvalue weighted by Gasteiger charge is 2.29. The van der Waals surface area contributed by atoms with E-state index in [1.54, 1.807) is 13.0 Å². The molecule has 0 aliphatic heterocycles. The molecule has 0 spiro atoms. The van der Waals surface area contributed by atoms with Crippen LogP contribution in [0, 0.1) is 0 Å². The summed E-state index contributed by atoms with van der Waals surface area (Å²) in [6.45, 7) is 1.87. The Bertz CT molecular complexity index is 712. The fourth-order valence-corrected chi connectivity index (χ4v) is 3.07. The molecule has 0 bridgehead atoms. The molecular weight excluding hydrogens is 335 g/mol. The van der Waals surface area contributed by atoms with Gasteiger partial charge in [0.25, 0.3) is 0 Å². The minimum absolute atomic E-state index is 0.0215. The maximum Gasteiger partial charge on any atom is 0.508 e. The van der Waals surface area contributed by atoms with Gasteiger partial charge in [-0.2, -0.15) is 0 Å². The maximum atomic E-state index is 11.9. The van der Waals surface area contributed by atoms with Gasteiger partial charge < -0.3 is 14.6 Å². The number of aliphatic hydroxyl groups excluding tert-OH is 1. The van der Waals surface area contributed by atoms with Crippen molar-refractivity contribution in [3.8, 4) is 11.1 Å². The molecule has 5 heteroatoms. The van der Waals surface area contributed by atoms with Gasteiger partial charge in [-0.25, -0.2) is 4.79 Å². The molecule has 0 fully saturated rings. The number of hydrogen-bond acceptors (Lipinski definition) is 4. The highest BCUT2D eigenvalue weighted by Crippen LogP contribution is 2.44. The third-order valence-corrected chi connectivity index (χ3v) is 4.13. The van der Waals surface area contributed by atoms with Crippen molar-refractivity contribution < 1.29 is 23.8 Å². The number of halogens is 1. The summed E-state index contributed by atoms with van der Waals surface area (Å²) in [6, 6.07) is 16.4. The van der Waals surface area contributed by atoms with Crippen LogP contribution in [-0.4, -0.2) is 37.8 Å². The molecular formula is C21H23FO4. The zero-order valence-electron chi connectivity index (χ0n) is 14.9. The number of rotatable bonds is 5. The molecule has 138 valence electrons. The molecule has 1 N–H and O–H groups in total. The fraction of sp³-hybridized carbons (Fsp3) is 0.286. The summed E-state index contributed by atoms with van der Waals surface area (Å²) < 4.78 is 20.0. The van der Waals surface area contributed by atoms with Crippen molar-refractivity contribution in [1.29, 1.82) is 0 Å². The highest BCUT2D eigenvalue weighted by atomic mass is 19.1. The summed E-state index contributed by atoms with van der Waals surface area (Å²) in [5, 5.41) is 8.72. The molecule has 2 aromatic rings. The van der Waals surface area contributed by atoms with Crippen molar-refractivity contribution in [2.24, 2.45) is 0 Å². The van der Waals surface area contributed by atoms with E-state index in [0.29, 0.717) is 7.18 Å². The van der Waals surface area contributed by atoms with Crippen LogP contribution in [0.25, 0.3) is 11.1 Å². The molecule has 0 saturated heterocycles. The highest BCUT2D eigenvalue weighted by molar-refractivity contribution is 5.78. The molecule has 1 atom stereocenters. The van der Waals surface area contributed by atoms with Gasteiger partial charge in [0.2, 0.25) is 0 Å². The molecule has 0 amide bonds. The van der Waals surface area contributed by atoms with Crippen LogP contribution >= 0.6 is 0 Å². The van der Waals surface area contributed by atoms with Gasteiger partial charge in [-0.1, -0.05) is 54.6 Å². The quantitative estimate of drug-likeness (QED) is 0.633. The Morgan fingerprint density at radius 1 is 1.12 bits per heavy atom. The molecule has 2 aromatic carbocycles. The Morgan fingerprint density at radius 3 is 2.19 bits per heavy atom. The van der Waals surface area contributed by atoms with Crippen LogP contribution in [0.4, 0.5) is 9.18 Å². The van der Waals surface area contributed by atoms with Gasteiger partial charge in [-0.15, -0.1) is 0 Å². The van der Waals surface area contributed by atoms with Crippen LogP contribution in [0.1, 0.15) is 24.0 Å². The third kappa shape index (κ3) is 4.49. The van der Waals surface area contributed by atoms with Crippen LogP contribution in [-0.2, 0) is 9.47 Å². The number of carbonyl (C=O) groups is 1. The zero-order valence-corrected chi connectivity index (χ0v) is 14.9. The lowest BCUT2D eigenvalue weighted by Gasteiger charge is -2.15. The first-order chi connectivity index (χ1) is 12.7. The summed E-state index contributed by atoms with van der Waals surface area (Å²) in [5.74, 6) is 0.0215. The van der Waals surface area contributed by atoms with Gasteiger partial charge in [0.1, 0.15) is 12.7 Å². The SMILES string of the molecule is CF.C[C@H](/C=C\CO)OC(=O)OCC1c2ccccc2-c2ccccc21. The zero-order chi connectivity index (χ0) is 18.9. The smallest absolute Gasteiger partial charge is 0.433 e. The normalized spacial score (nSPS) is 13.4. The van der Waals surface area contributed by atoms with Gasteiger partial charge >= 0.3 is 6.16 Å². The van der Waals surface area contributed by atoms with E-state index in [1.165, 1.54) is 28.3 Å². The molecule has 0 unspecified atom stereocenters. The van der Waals surface area contributed by atoms with Crippen molar-refractivity contribution in [2.45, 2.75) is 18.9 Å². The lowest BCUT2D eigenvalue weighted by molar-refractivity contribution is 0.0401. The Labute approximate surface area is 152 Å². The molecule has 0 radical (unpaired) electrons. The monoisotopic (exact) mass is 358 g/mol. The van der Waals surface area contributed by atoms with Crippen LogP contribution in [0.5, 0.6) is 0 Å². The Hall–Kier alpha value is -2.66. The predicted molar refractivity (Wildman–Crippen MR) is 98.9 cm³/mol. The second kappa shape index (κ2) is 9.73. The van der Waals surface area contributed by atoms with Crippen LogP contribution in [0.15, 0.2) is 60.7 Å². The minimum Gasteiger partial charge on any atom is -0.433 e. The van der Waals surface area contributed by atoms with Crippen molar-refractivity contribution in [2.75, 3.05) is 20.4 Å². The molecule has 1 aliphatic carbocycles. The van der Waals surface area contributed by atoms with Gasteiger partial charge in [0, 0.05) is 5.92 Å². The van der Waals surface area contributed by atoms with E-state index in [1.807, 2.05) is 24.3 Å². The van der Waals surface area contributed by atoms with E-state index in [2.05, 4.69) is 24.3 Å². The summed E-state index contributed by atoms with van der Waals surface area (Å²) >= 11 is 0. The van der Waals surface area contributed by atoms with E-state index >= 15 is 0 Å². The van der Waals surface area contributed by atoms with E-state index in [0.717, 1.165) is 0 Å². The van der Waals surface area contributed by atoms with Gasteiger partial charge in [-0.05, 0) is 35.3 Å². The standard InChI is InChI=1S/C20H20O4.CH3F/c1-14(7-6-12-21)24-20(22)23-13-19-17-10-4-2-8-15(17)16-9-3-5-11-18(16)19;1-2/h2-11,14,19,21H,12-13H2,1H3;1H3/b7-6-;/t14-;/m1./s1.